The minimum atomic E-state index is -3.74. The summed E-state index contributed by atoms with van der Waals surface area (Å²) in [6, 6.07) is 10.8. The maximum Gasteiger partial charge on any atom is 0.337 e. The second-order valence-corrected chi connectivity index (χ2v) is 8.15. The van der Waals surface area contributed by atoms with Gasteiger partial charge in [0.1, 0.15) is 6.54 Å². The molecule has 0 aliphatic heterocycles. The number of benzene rings is 2. The average Bonchev–Trinajstić information content (AvgIpc) is 2.60. The predicted octanol–water partition coefficient (Wildman–Crippen LogP) is 2.84. The number of hydrogen-bond acceptors (Lipinski definition) is 5. The van der Waals surface area contributed by atoms with E-state index in [4.69, 9.17) is 11.6 Å². The minimum absolute atomic E-state index is 0.246. The zero-order valence-electron chi connectivity index (χ0n) is 15.0. The Morgan fingerprint density at radius 1 is 1.15 bits per heavy atom. The van der Waals surface area contributed by atoms with Crippen LogP contribution in [0.15, 0.2) is 42.5 Å². The molecule has 0 aliphatic rings. The van der Waals surface area contributed by atoms with Crippen LogP contribution >= 0.6 is 11.6 Å². The molecule has 2 aromatic carbocycles. The van der Waals surface area contributed by atoms with Gasteiger partial charge in [0.2, 0.25) is 15.9 Å². The van der Waals surface area contributed by atoms with Crippen LogP contribution in [0.2, 0.25) is 5.02 Å². The SMILES string of the molecule is COC(=O)c1ccc(N(CC(=O)Nc2ccc(C)cc2Cl)S(C)(=O)=O)cc1. The number of methoxy groups -OCH3 is 1. The molecule has 0 radical (unpaired) electrons. The first-order chi connectivity index (χ1) is 12.6. The monoisotopic (exact) mass is 410 g/mol. The molecule has 0 saturated heterocycles. The zero-order chi connectivity index (χ0) is 20.2. The van der Waals surface area contributed by atoms with Gasteiger partial charge in [-0.2, -0.15) is 0 Å². The molecule has 1 N–H and O–H groups in total. The van der Waals surface area contributed by atoms with Gasteiger partial charge in [0.15, 0.2) is 0 Å². The fraction of sp³-hybridized carbons (Fsp3) is 0.222. The van der Waals surface area contributed by atoms with Gasteiger partial charge in [-0.3, -0.25) is 9.10 Å². The molecule has 27 heavy (non-hydrogen) atoms. The van der Waals surface area contributed by atoms with Crippen molar-refractivity contribution in [2.75, 3.05) is 29.5 Å². The molecule has 144 valence electrons. The Balaban J connectivity index is 2.22. The van der Waals surface area contributed by atoms with Gasteiger partial charge in [0.25, 0.3) is 0 Å². The Kier molecular flexibility index (Phi) is 6.45. The van der Waals surface area contributed by atoms with E-state index >= 15 is 0 Å². The smallest absolute Gasteiger partial charge is 0.337 e. The Labute approximate surface area is 162 Å². The van der Waals surface area contributed by atoms with Crippen LogP contribution in [0.4, 0.5) is 11.4 Å². The highest BCUT2D eigenvalue weighted by molar-refractivity contribution is 7.92. The van der Waals surface area contributed by atoms with E-state index in [1.54, 1.807) is 18.2 Å². The number of halogens is 1. The normalized spacial score (nSPS) is 11.0. The summed E-state index contributed by atoms with van der Waals surface area (Å²) in [6.07, 6.45) is 0.993. The van der Waals surface area contributed by atoms with Gasteiger partial charge in [-0.25, -0.2) is 13.2 Å². The summed E-state index contributed by atoms with van der Waals surface area (Å²) in [6.45, 7) is 1.42. The predicted molar refractivity (Wildman–Crippen MR) is 105 cm³/mol. The molecule has 0 unspecified atom stereocenters. The number of esters is 1. The van der Waals surface area contributed by atoms with Gasteiger partial charge in [0, 0.05) is 0 Å². The van der Waals surface area contributed by atoms with E-state index in [2.05, 4.69) is 10.1 Å². The number of carbonyl (C=O) groups excluding carboxylic acids is 2. The van der Waals surface area contributed by atoms with Crippen LogP contribution in [0.5, 0.6) is 0 Å². The van der Waals surface area contributed by atoms with E-state index in [0.717, 1.165) is 16.1 Å². The molecule has 0 aromatic heterocycles. The molecule has 2 aromatic rings. The van der Waals surface area contributed by atoms with Gasteiger partial charge in [-0.15, -0.1) is 0 Å². The Hall–Kier alpha value is -2.58. The highest BCUT2D eigenvalue weighted by Crippen LogP contribution is 2.23. The number of ether oxygens (including phenoxy) is 1. The Bertz CT molecular complexity index is 958. The topological polar surface area (TPSA) is 92.8 Å². The third-order valence-electron chi connectivity index (χ3n) is 3.66. The lowest BCUT2D eigenvalue weighted by Crippen LogP contribution is -2.37. The van der Waals surface area contributed by atoms with Gasteiger partial charge < -0.3 is 10.1 Å². The van der Waals surface area contributed by atoms with Gasteiger partial charge in [0.05, 0.1) is 35.3 Å². The van der Waals surface area contributed by atoms with Crippen molar-refractivity contribution in [3.05, 3.63) is 58.6 Å². The number of rotatable bonds is 6. The molecule has 7 nitrogen and oxygen atoms in total. The summed E-state index contributed by atoms with van der Waals surface area (Å²) in [5, 5.41) is 2.96. The highest BCUT2D eigenvalue weighted by Gasteiger charge is 2.21. The molecule has 0 fully saturated rings. The molecular formula is C18H19ClN2O5S. The summed E-state index contributed by atoms with van der Waals surface area (Å²) >= 11 is 6.09. The molecule has 9 heteroatoms. The molecule has 0 bridgehead atoms. The van der Waals surface area contributed by atoms with Crippen molar-refractivity contribution in [3.63, 3.8) is 0 Å². The number of nitrogens with one attached hydrogen (secondary N) is 1. The van der Waals surface area contributed by atoms with Gasteiger partial charge in [-0.05, 0) is 48.9 Å². The lowest BCUT2D eigenvalue weighted by molar-refractivity contribution is -0.114. The van der Waals surface area contributed by atoms with Gasteiger partial charge >= 0.3 is 5.97 Å². The third-order valence-corrected chi connectivity index (χ3v) is 5.12. The van der Waals surface area contributed by atoms with E-state index in [0.29, 0.717) is 10.7 Å². The fourth-order valence-electron chi connectivity index (χ4n) is 2.32. The van der Waals surface area contributed by atoms with Crippen LogP contribution in [-0.2, 0) is 19.6 Å². The second kappa shape index (κ2) is 8.41. The fourth-order valence-corrected chi connectivity index (χ4v) is 3.46. The van der Waals surface area contributed by atoms with Crippen LogP contribution in [0, 0.1) is 6.92 Å². The number of amides is 1. The van der Waals surface area contributed by atoms with Crippen molar-refractivity contribution in [1.82, 2.24) is 0 Å². The standard InChI is InChI=1S/C18H19ClN2O5S/c1-12-4-9-16(15(19)10-12)20-17(22)11-21(27(3,24)25)14-7-5-13(6-8-14)18(23)26-2/h4-10H,11H2,1-3H3,(H,20,22). The van der Waals surface area contributed by atoms with Crippen molar-refractivity contribution in [2.45, 2.75) is 6.92 Å². The van der Waals surface area contributed by atoms with Crippen molar-refractivity contribution < 1.29 is 22.7 Å². The molecule has 0 heterocycles. The van der Waals surface area contributed by atoms with Crippen LogP contribution in [0.25, 0.3) is 0 Å². The quantitative estimate of drug-likeness (QED) is 0.739. The molecule has 0 spiro atoms. The maximum atomic E-state index is 12.4. The first-order valence-electron chi connectivity index (χ1n) is 7.84. The zero-order valence-corrected chi connectivity index (χ0v) is 16.6. The number of hydrogen-bond donors (Lipinski definition) is 1. The Morgan fingerprint density at radius 2 is 1.78 bits per heavy atom. The molecule has 1 amide bonds. The summed E-state index contributed by atoms with van der Waals surface area (Å²) in [5.74, 6) is -1.09. The largest absolute Gasteiger partial charge is 0.465 e. The van der Waals surface area contributed by atoms with E-state index in [-0.39, 0.29) is 11.3 Å². The number of aryl methyl sites for hydroxylation is 1. The molecule has 0 saturated carbocycles. The maximum absolute atomic E-state index is 12.4. The van der Waals surface area contributed by atoms with Crippen molar-refractivity contribution >= 4 is 44.9 Å². The lowest BCUT2D eigenvalue weighted by Gasteiger charge is -2.22. The number of carbonyl (C=O) groups is 2. The van der Waals surface area contributed by atoms with Crippen LogP contribution in [0.1, 0.15) is 15.9 Å². The molecular weight excluding hydrogens is 392 g/mol. The first kappa shape index (κ1) is 20.7. The van der Waals surface area contributed by atoms with Crippen LogP contribution in [0.3, 0.4) is 0 Å². The highest BCUT2D eigenvalue weighted by atomic mass is 35.5. The number of nitrogens with zero attached hydrogens (tertiary/aromatic N) is 1. The third kappa shape index (κ3) is 5.45. The Morgan fingerprint density at radius 3 is 2.30 bits per heavy atom. The number of anilines is 2. The average molecular weight is 411 g/mol. The molecule has 2 rings (SSSR count). The lowest BCUT2D eigenvalue weighted by atomic mass is 10.2. The number of sulfonamides is 1. The van der Waals surface area contributed by atoms with Gasteiger partial charge in [-0.1, -0.05) is 17.7 Å². The van der Waals surface area contributed by atoms with E-state index in [9.17, 15) is 18.0 Å². The molecule has 0 aliphatic carbocycles. The molecule has 0 atom stereocenters. The van der Waals surface area contributed by atoms with Crippen LogP contribution < -0.4 is 9.62 Å². The van der Waals surface area contributed by atoms with E-state index < -0.39 is 28.4 Å². The van der Waals surface area contributed by atoms with E-state index in [1.165, 1.54) is 31.4 Å². The second-order valence-electron chi connectivity index (χ2n) is 5.84. The minimum Gasteiger partial charge on any atom is -0.465 e. The van der Waals surface area contributed by atoms with Crippen molar-refractivity contribution in [1.29, 1.82) is 0 Å². The van der Waals surface area contributed by atoms with Crippen molar-refractivity contribution in [2.24, 2.45) is 0 Å². The van der Waals surface area contributed by atoms with Crippen LogP contribution in [-0.4, -0.2) is 40.2 Å². The summed E-state index contributed by atoms with van der Waals surface area (Å²) in [5.41, 5.74) is 1.84. The first-order valence-corrected chi connectivity index (χ1v) is 10.1. The van der Waals surface area contributed by atoms with E-state index in [1.807, 2.05) is 6.92 Å². The summed E-state index contributed by atoms with van der Waals surface area (Å²) in [7, 11) is -2.49. The summed E-state index contributed by atoms with van der Waals surface area (Å²) in [4.78, 5) is 23.8. The van der Waals surface area contributed by atoms with Crippen molar-refractivity contribution in [3.8, 4) is 0 Å². The summed E-state index contributed by atoms with van der Waals surface area (Å²) < 4.78 is 29.8.